The van der Waals surface area contributed by atoms with Gasteiger partial charge in [0.25, 0.3) is 0 Å². The van der Waals surface area contributed by atoms with E-state index in [0.29, 0.717) is 5.91 Å². The highest BCUT2D eigenvalue weighted by Gasteiger charge is 2.24. The average molecular weight is 292 g/mol. The number of nitrogens with zero attached hydrogens (tertiary/aromatic N) is 4. The summed E-state index contributed by atoms with van der Waals surface area (Å²) < 4.78 is 7.78. The number of hydrogen-bond donors (Lipinski definition) is 0. The summed E-state index contributed by atoms with van der Waals surface area (Å²) in [6.45, 7) is 8.21. The Balaban J connectivity index is 1.45. The van der Waals surface area contributed by atoms with Crippen molar-refractivity contribution in [3.05, 3.63) is 18.0 Å². The van der Waals surface area contributed by atoms with Gasteiger partial charge >= 0.3 is 0 Å². The lowest BCUT2D eigenvalue weighted by Gasteiger charge is -2.33. The fourth-order valence-corrected chi connectivity index (χ4v) is 3.07. The number of likely N-dealkylation sites (tertiary alicyclic amines) is 1. The van der Waals surface area contributed by atoms with Crippen molar-refractivity contribution >= 4 is 5.91 Å². The molecule has 0 bridgehead atoms. The predicted octanol–water partition coefficient (Wildman–Crippen LogP) is 0.515. The monoisotopic (exact) mass is 292 g/mol. The third kappa shape index (κ3) is 3.83. The van der Waals surface area contributed by atoms with E-state index in [2.05, 4.69) is 10.00 Å². The number of ether oxygens (including phenoxy) is 1. The Morgan fingerprint density at radius 3 is 3.00 bits per heavy atom. The number of morpholine rings is 1. The predicted molar refractivity (Wildman–Crippen MR) is 79.0 cm³/mol. The van der Waals surface area contributed by atoms with Gasteiger partial charge in [-0.3, -0.25) is 14.4 Å². The van der Waals surface area contributed by atoms with Crippen molar-refractivity contribution < 1.29 is 9.53 Å². The van der Waals surface area contributed by atoms with E-state index in [-0.39, 0.29) is 6.10 Å². The summed E-state index contributed by atoms with van der Waals surface area (Å²) in [5, 5.41) is 4.32. The molecule has 2 fully saturated rings. The Hall–Kier alpha value is -1.40. The second-order valence-corrected chi connectivity index (χ2v) is 6.02. The molecule has 116 valence electrons. The molecule has 21 heavy (non-hydrogen) atoms. The lowest BCUT2D eigenvalue weighted by atomic mass is 10.2. The molecule has 0 radical (unpaired) electrons. The summed E-state index contributed by atoms with van der Waals surface area (Å²) in [5.41, 5.74) is 1.18. The van der Waals surface area contributed by atoms with Gasteiger partial charge in [0.15, 0.2) is 0 Å². The molecule has 3 rings (SSSR count). The van der Waals surface area contributed by atoms with Gasteiger partial charge in [0, 0.05) is 45.3 Å². The van der Waals surface area contributed by atoms with Crippen LogP contribution < -0.4 is 0 Å². The van der Waals surface area contributed by atoms with Crippen LogP contribution in [-0.2, 0) is 16.1 Å². The molecule has 3 heterocycles. The summed E-state index contributed by atoms with van der Waals surface area (Å²) in [7, 11) is 0. The highest BCUT2D eigenvalue weighted by atomic mass is 16.5. The summed E-state index contributed by atoms with van der Waals surface area (Å²) in [6, 6.07) is 0. The molecule has 0 N–H and O–H groups in total. The van der Waals surface area contributed by atoms with Crippen LogP contribution in [0.5, 0.6) is 0 Å². The minimum Gasteiger partial charge on any atom is -0.374 e. The standard InChI is InChI=1S/C15H24N4O2/c1-13-9-16-19(10-13)12-14-11-17(7-8-21-14)5-6-18-4-2-3-15(18)20/h9-10,14H,2-8,11-12H2,1H3/t14-/m0/s1. The number of carbonyl (C=O) groups is 1. The molecule has 0 aromatic carbocycles. The topological polar surface area (TPSA) is 50.6 Å². The highest BCUT2D eigenvalue weighted by Crippen LogP contribution is 2.11. The van der Waals surface area contributed by atoms with E-state index < -0.39 is 0 Å². The Labute approximate surface area is 125 Å². The van der Waals surface area contributed by atoms with Crippen LogP contribution in [0.15, 0.2) is 12.4 Å². The van der Waals surface area contributed by atoms with Gasteiger partial charge in [-0.05, 0) is 18.9 Å². The van der Waals surface area contributed by atoms with E-state index in [4.69, 9.17) is 4.74 Å². The summed E-state index contributed by atoms with van der Waals surface area (Å²) in [5.74, 6) is 0.312. The van der Waals surface area contributed by atoms with Gasteiger partial charge in [0.05, 0.1) is 25.5 Å². The van der Waals surface area contributed by atoms with Gasteiger partial charge in [-0.25, -0.2) is 0 Å². The van der Waals surface area contributed by atoms with Gasteiger partial charge in [-0.1, -0.05) is 0 Å². The van der Waals surface area contributed by atoms with Crippen LogP contribution in [0.3, 0.4) is 0 Å². The molecular formula is C15H24N4O2. The number of hydrogen-bond acceptors (Lipinski definition) is 4. The van der Waals surface area contributed by atoms with Gasteiger partial charge in [-0.2, -0.15) is 5.10 Å². The quantitative estimate of drug-likeness (QED) is 0.794. The first-order valence-electron chi connectivity index (χ1n) is 7.81. The van der Waals surface area contributed by atoms with Crippen molar-refractivity contribution in [1.82, 2.24) is 19.6 Å². The molecule has 6 heteroatoms. The van der Waals surface area contributed by atoms with Crippen LogP contribution in [0.1, 0.15) is 18.4 Å². The SMILES string of the molecule is Cc1cnn(C[C@@H]2CN(CCN3CCCC3=O)CCO2)c1. The molecule has 0 saturated carbocycles. The lowest BCUT2D eigenvalue weighted by Crippen LogP contribution is -2.47. The van der Waals surface area contributed by atoms with E-state index in [1.54, 1.807) is 0 Å². The van der Waals surface area contributed by atoms with Crippen LogP contribution in [0.2, 0.25) is 0 Å². The van der Waals surface area contributed by atoms with Crippen LogP contribution in [0.4, 0.5) is 0 Å². The third-order valence-corrected chi connectivity index (χ3v) is 4.23. The maximum absolute atomic E-state index is 11.6. The zero-order valence-electron chi connectivity index (χ0n) is 12.7. The fourth-order valence-electron chi connectivity index (χ4n) is 3.07. The average Bonchev–Trinajstić information content (AvgIpc) is 3.06. The molecule has 1 aromatic heterocycles. The zero-order chi connectivity index (χ0) is 14.7. The largest absolute Gasteiger partial charge is 0.374 e. The Morgan fingerprint density at radius 2 is 2.29 bits per heavy atom. The minimum absolute atomic E-state index is 0.187. The van der Waals surface area contributed by atoms with E-state index in [1.165, 1.54) is 5.56 Å². The van der Waals surface area contributed by atoms with E-state index in [9.17, 15) is 4.79 Å². The lowest BCUT2D eigenvalue weighted by molar-refractivity contribution is -0.128. The normalized spacial score (nSPS) is 24.0. The van der Waals surface area contributed by atoms with Crippen LogP contribution in [0, 0.1) is 6.92 Å². The molecule has 0 spiro atoms. The van der Waals surface area contributed by atoms with Crippen molar-refractivity contribution in [3.63, 3.8) is 0 Å². The first-order chi connectivity index (χ1) is 10.2. The Bertz CT molecular complexity index is 488. The molecular weight excluding hydrogens is 268 g/mol. The number of aromatic nitrogens is 2. The van der Waals surface area contributed by atoms with Gasteiger partial charge in [0.2, 0.25) is 5.91 Å². The van der Waals surface area contributed by atoms with Crippen LogP contribution >= 0.6 is 0 Å². The summed E-state index contributed by atoms with van der Waals surface area (Å²) in [6.07, 6.45) is 5.85. The number of amides is 1. The molecule has 2 aliphatic heterocycles. The van der Waals surface area contributed by atoms with Crippen molar-refractivity contribution in [2.24, 2.45) is 0 Å². The van der Waals surface area contributed by atoms with Crippen molar-refractivity contribution in [2.75, 3.05) is 39.3 Å². The van der Waals surface area contributed by atoms with Gasteiger partial charge < -0.3 is 9.64 Å². The molecule has 1 aromatic rings. The minimum atomic E-state index is 0.187. The highest BCUT2D eigenvalue weighted by molar-refractivity contribution is 5.78. The maximum atomic E-state index is 11.6. The number of rotatable bonds is 5. The number of carbonyl (C=O) groups excluding carboxylic acids is 1. The molecule has 1 atom stereocenters. The Morgan fingerprint density at radius 1 is 1.38 bits per heavy atom. The van der Waals surface area contributed by atoms with Crippen molar-refractivity contribution in [3.8, 4) is 0 Å². The fraction of sp³-hybridized carbons (Fsp3) is 0.733. The third-order valence-electron chi connectivity index (χ3n) is 4.23. The maximum Gasteiger partial charge on any atom is 0.222 e. The summed E-state index contributed by atoms with van der Waals surface area (Å²) in [4.78, 5) is 16.0. The number of aryl methyl sites for hydroxylation is 1. The van der Waals surface area contributed by atoms with Crippen LogP contribution in [0.25, 0.3) is 0 Å². The smallest absolute Gasteiger partial charge is 0.222 e. The zero-order valence-corrected chi connectivity index (χ0v) is 12.7. The van der Waals surface area contributed by atoms with Gasteiger partial charge in [-0.15, -0.1) is 0 Å². The molecule has 0 unspecified atom stereocenters. The molecule has 0 aliphatic carbocycles. The molecule has 2 saturated heterocycles. The second kappa shape index (κ2) is 6.58. The van der Waals surface area contributed by atoms with Crippen LogP contribution in [-0.4, -0.2) is 70.9 Å². The van der Waals surface area contributed by atoms with E-state index in [1.807, 2.05) is 28.9 Å². The first-order valence-corrected chi connectivity index (χ1v) is 7.81. The second-order valence-electron chi connectivity index (χ2n) is 6.02. The molecule has 1 amide bonds. The Kier molecular flexibility index (Phi) is 4.55. The molecule has 2 aliphatic rings. The van der Waals surface area contributed by atoms with Crippen molar-refractivity contribution in [2.45, 2.75) is 32.4 Å². The van der Waals surface area contributed by atoms with E-state index >= 15 is 0 Å². The first kappa shape index (κ1) is 14.5. The van der Waals surface area contributed by atoms with E-state index in [0.717, 1.165) is 58.7 Å². The summed E-state index contributed by atoms with van der Waals surface area (Å²) >= 11 is 0. The van der Waals surface area contributed by atoms with Crippen molar-refractivity contribution in [1.29, 1.82) is 0 Å². The van der Waals surface area contributed by atoms with Gasteiger partial charge in [0.1, 0.15) is 0 Å². The molecule has 6 nitrogen and oxygen atoms in total.